The maximum absolute atomic E-state index is 12.4. The van der Waals surface area contributed by atoms with Gasteiger partial charge in [0.05, 0.1) is 11.6 Å². The quantitative estimate of drug-likeness (QED) is 0.778. The molecule has 1 amide bonds. The van der Waals surface area contributed by atoms with Crippen molar-refractivity contribution in [2.24, 2.45) is 17.8 Å². The second kappa shape index (κ2) is 8.93. The highest BCUT2D eigenvalue weighted by molar-refractivity contribution is 5.78. The highest BCUT2D eigenvalue weighted by Gasteiger charge is 2.45. The minimum Gasteiger partial charge on any atom is -0.491 e. The van der Waals surface area contributed by atoms with Crippen molar-refractivity contribution in [1.82, 2.24) is 9.80 Å². The molecule has 1 heterocycles. The van der Waals surface area contributed by atoms with Crippen molar-refractivity contribution in [3.8, 4) is 11.8 Å². The van der Waals surface area contributed by atoms with E-state index in [-0.39, 0.29) is 18.4 Å². The van der Waals surface area contributed by atoms with E-state index >= 15 is 0 Å². The predicted octanol–water partition coefficient (Wildman–Crippen LogP) is 2.12. The highest BCUT2D eigenvalue weighted by Crippen LogP contribution is 2.40. The van der Waals surface area contributed by atoms with Gasteiger partial charge in [0.1, 0.15) is 18.5 Å². The van der Waals surface area contributed by atoms with Crippen LogP contribution in [0.5, 0.6) is 5.75 Å². The van der Waals surface area contributed by atoms with Crippen molar-refractivity contribution >= 4 is 5.91 Å². The van der Waals surface area contributed by atoms with Gasteiger partial charge < -0.3 is 14.7 Å². The number of amides is 1. The molecule has 0 aromatic heterocycles. The second-order valence-electron chi connectivity index (χ2n) is 8.51. The van der Waals surface area contributed by atoms with Gasteiger partial charge in [0.2, 0.25) is 5.91 Å². The van der Waals surface area contributed by atoms with Crippen LogP contribution in [0.1, 0.15) is 32.3 Å². The lowest BCUT2D eigenvalue weighted by Crippen LogP contribution is -2.55. The average Bonchev–Trinajstić information content (AvgIpc) is 2.96. The number of nitrogens with zero attached hydrogens (tertiary/aromatic N) is 3. The molecule has 28 heavy (non-hydrogen) atoms. The Morgan fingerprint density at radius 1 is 1.29 bits per heavy atom. The first-order valence-electron chi connectivity index (χ1n) is 10.2. The highest BCUT2D eigenvalue weighted by atomic mass is 16.5. The van der Waals surface area contributed by atoms with Crippen LogP contribution in [0.25, 0.3) is 0 Å². The summed E-state index contributed by atoms with van der Waals surface area (Å²) in [6.45, 7) is 6.57. The first-order valence-corrected chi connectivity index (χ1v) is 10.2. The van der Waals surface area contributed by atoms with Crippen molar-refractivity contribution in [3.63, 3.8) is 0 Å². The molecular weight excluding hydrogens is 354 g/mol. The van der Waals surface area contributed by atoms with Crippen molar-refractivity contribution in [3.05, 3.63) is 29.8 Å². The van der Waals surface area contributed by atoms with Gasteiger partial charge in [0, 0.05) is 38.6 Å². The number of fused-ring (bicyclic) bond motifs is 2. The van der Waals surface area contributed by atoms with E-state index in [1.807, 2.05) is 25.8 Å². The Morgan fingerprint density at radius 3 is 2.43 bits per heavy atom. The molecule has 152 valence electrons. The van der Waals surface area contributed by atoms with Crippen LogP contribution in [-0.2, 0) is 4.79 Å². The van der Waals surface area contributed by atoms with Gasteiger partial charge in [-0.3, -0.25) is 9.69 Å². The molecule has 0 radical (unpaired) electrons. The number of aliphatic hydroxyl groups is 1. The molecule has 2 fully saturated rings. The number of carbonyl (C=O) groups is 1. The van der Waals surface area contributed by atoms with E-state index in [0.29, 0.717) is 35.7 Å². The van der Waals surface area contributed by atoms with E-state index in [4.69, 9.17) is 10.00 Å². The number of rotatable bonds is 7. The summed E-state index contributed by atoms with van der Waals surface area (Å²) in [5.74, 6) is 1.89. The molecule has 1 saturated heterocycles. The fourth-order valence-corrected chi connectivity index (χ4v) is 4.80. The molecule has 3 unspecified atom stereocenters. The first kappa shape index (κ1) is 20.6. The lowest BCUT2D eigenvalue weighted by Gasteiger charge is -2.43. The summed E-state index contributed by atoms with van der Waals surface area (Å²) in [6.07, 6.45) is 1.74. The summed E-state index contributed by atoms with van der Waals surface area (Å²) in [5, 5.41) is 19.2. The number of piperidine rings is 1. The van der Waals surface area contributed by atoms with E-state index in [9.17, 15) is 9.90 Å². The van der Waals surface area contributed by atoms with Crippen molar-refractivity contribution < 1.29 is 14.6 Å². The summed E-state index contributed by atoms with van der Waals surface area (Å²) >= 11 is 0. The van der Waals surface area contributed by atoms with Gasteiger partial charge in [-0.15, -0.1) is 0 Å². The fraction of sp³-hybridized carbons (Fsp3) is 0.636. The van der Waals surface area contributed by atoms with Crippen LogP contribution in [0.3, 0.4) is 0 Å². The van der Waals surface area contributed by atoms with Gasteiger partial charge in [0.15, 0.2) is 0 Å². The third-order valence-corrected chi connectivity index (χ3v) is 6.04. The zero-order chi connectivity index (χ0) is 20.3. The maximum Gasteiger partial charge on any atom is 0.225 e. The molecule has 1 aromatic carbocycles. The third kappa shape index (κ3) is 4.65. The molecule has 1 aromatic rings. The molecule has 1 aliphatic carbocycles. The second-order valence-corrected chi connectivity index (χ2v) is 8.51. The predicted molar refractivity (Wildman–Crippen MR) is 107 cm³/mol. The average molecular weight is 386 g/mol. The summed E-state index contributed by atoms with van der Waals surface area (Å²) in [4.78, 5) is 16.7. The molecule has 1 saturated carbocycles. The van der Waals surface area contributed by atoms with Gasteiger partial charge in [-0.1, -0.05) is 13.8 Å². The van der Waals surface area contributed by atoms with Crippen LogP contribution in [0.15, 0.2) is 24.3 Å². The topological polar surface area (TPSA) is 76.8 Å². The monoisotopic (exact) mass is 385 g/mol. The number of carbonyl (C=O) groups excluding carboxylic acids is 1. The van der Waals surface area contributed by atoms with Gasteiger partial charge in [-0.05, 0) is 48.9 Å². The van der Waals surface area contributed by atoms with Crippen molar-refractivity contribution in [2.45, 2.75) is 38.8 Å². The zero-order valence-corrected chi connectivity index (χ0v) is 17.0. The zero-order valence-electron chi connectivity index (χ0n) is 17.0. The Balaban J connectivity index is 1.49. The number of β-amino-alcohol motifs (C(OH)–C–C–N with tert-alkyl or cyclic N) is 1. The van der Waals surface area contributed by atoms with Gasteiger partial charge >= 0.3 is 0 Å². The van der Waals surface area contributed by atoms with E-state index in [2.05, 4.69) is 11.0 Å². The van der Waals surface area contributed by atoms with Crippen molar-refractivity contribution in [2.75, 3.05) is 33.3 Å². The minimum absolute atomic E-state index is 0.0311. The molecule has 0 spiro atoms. The Labute approximate surface area is 167 Å². The summed E-state index contributed by atoms with van der Waals surface area (Å²) in [5.41, 5.74) is 0.590. The molecule has 3 atom stereocenters. The van der Waals surface area contributed by atoms with Crippen LogP contribution in [0.4, 0.5) is 0 Å². The van der Waals surface area contributed by atoms with Crippen LogP contribution >= 0.6 is 0 Å². The minimum atomic E-state index is -0.568. The summed E-state index contributed by atoms with van der Waals surface area (Å²) < 4.78 is 5.66. The molecular formula is C22H31N3O3. The Morgan fingerprint density at radius 2 is 1.89 bits per heavy atom. The molecule has 6 heteroatoms. The Bertz CT molecular complexity index is 699. The third-order valence-electron chi connectivity index (χ3n) is 6.04. The van der Waals surface area contributed by atoms with Crippen LogP contribution in [0, 0.1) is 29.1 Å². The molecule has 1 aliphatic heterocycles. The van der Waals surface area contributed by atoms with E-state index in [1.165, 1.54) is 0 Å². The van der Waals surface area contributed by atoms with Gasteiger partial charge in [-0.2, -0.15) is 5.26 Å². The molecule has 6 nitrogen and oxygen atoms in total. The number of benzene rings is 1. The first-order chi connectivity index (χ1) is 13.4. The number of ether oxygens (including phenoxy) is 1. The molecule has 3 rings (SSSR count). The lowest BCUT2D eigenvalue weighted by atomic mass is 9.90. The van der Waals surface area contributed by atoms with E-state index < -0.39 is 6.10 Å². The fourth-order valence-electron chi connectivity index (χ4n) is 4.80. The largest absolute Gasteiger partial charge is 0.491 e. The number of hydrogen-bond donors (Lipinski definition) is 1. The normalized spacial score (nSPS) is 25.4. The Kier molecular flexibility index (Phi) is 6.58. The molecule has 2 bridgehead atoms. The number of hydrogen-bond acceptors (Lipinski definition) is 5. The van der Waals surface area contributed by atoms with Gasteiger partial charge in [0.25, 0.3) is 0 Å². The number of likely N-dealkylation sites (tertiary alicyclic amines) is 1. The Hall–Kier alpha value is -2.10. The van der Waals surface area contributed by atoms with Crippen LogP contribution < -0.4 is 4.74 Å². The smallest absolute Gasteiger partial charge is 0.225 e. The summed E-state index contributed by atoms with van der Waals surface area (Å²) in [7, 11) is 1.95. The molecule has 2 aliphatic rings. The van der Waals surface area contributed by atoms with Crippen LogP contribution in [0.2, 0.25) is 0 Å². The summed E-state index contributed by atoms with van der Waals surface area (Å²) in [6, 6.07) is 9.32. The SMILES string of the molecule is CC(C)C(=O)N(C)C1C2CCC1CN(CC(O)COc1ccc(C#N)cc1)C2. The lowest BCUT2D eigenvalue weighted by molar-refractivity contribution is -0.138. The number of aliphatic hydroxyl groups excluding tert-OH is 1. The van der Waals surface area contributed by atoms with E-state index in [0.717, 1.165) is 25.9 Å². The molecule has 1 N–H and O–H groups in total. The number of nitriles is 1. The van der Waals surface area contributed by atoms with Crippen LogP contribution in [-0.4, -0.2) is 66.2 Å². The maximum atomic E-state index is 12.4. The van der Waals surface area contributed by atoms with Gasteiger partial charge in [-0.25, -0.2) is 0 Å². The van der Waals surface area contributed by atoms with Crippen molar-refractivity contribution in [1.29, 1.82) is 5.26 Å². The van der Waals surface area contributed by atoms with E-state index in [1.54, 1.807) is 24.3 Å². The standard InChI is InChI=1S/C22H31N3O3/c1-15(2)22(27)24(3)21-17-6-7-18(21)12-25(11-17)13-19(26)14-28-20-8-4-16(10-23)5-9-20/h4-5,8-9,15,17-19,21,26H,6-7,11-14H2,1-3H3.